The predicted molar refractivity (Wildman–Crippen MR) is 36.7 cm³/mol. The Hall–Kier alpha value is -1.69. The first-order valence-corrected chi connectivity index (χ1v) is 2.70. The lowest BCUT2D eigenvalue weighted by Gasteiger charge is -1.90. The average molecular weight is 131 g/mol. The van der Waals surface area contributed by atoms with Gasteiger partial charge in [-0.25, -0.2) is 0 Å². The van der Waals surface area contributed by atoms with Gasteiger partial charge in [0.25, 0.3) is 0 Å². The van der Waals surface area contributed by atoms with Gasteiger partial charge in [-0.15, -0.1) is 0 Å². The highest BCUT2D eigenvalue weighted by atomic mass is 14.8. The lowest BCUT2D eigenvalue weighted by atomic mass is 10.2. The van der Waals surface area contributed by atoms with E-state index in [-0.39, 0.29) is 0 Å². The summed E-state index contributed by atoms with van der Waals surface area (Å²) >= 11 is 0. The van der Waals surface area contributed by atoms with Crippen molar-refractivity contribution in [1.29, 1.82) is 5.26 Å². The zero-order valence-corrected chi connectivity index (χ0v) is 5.28. The topological polar surface area (TPSA) is 49.6 Å². The van der Waals surface area contributed by atoms with E-state index in [0.29, 0.717) is 11.3 Å². The Balaban J connectivity index is 2.99. The normalized spacial score (nSPS) is 8.30. The Bertz CT molecular complexity index is 271. The fourth-order valence-electron chi connectivity index (χ4n) is 0.512. The molecule has 48 valence electrons. The lowest BCUT2D eigenvalue weighted by molar-refractivity contribution is 1.17. The molecule has 3 nitrogen and oxygen atoms in total. The van der Waals surface area contributed by atoms with Gasteiger partial charge in [0.15, 0.2) is 0 Å². The highest BCUT2D eigenvalue weighted by Crippen LogP contribution is 2.03. The Morgan fingerprint density at radius 3 is 2.90 bits per heavy atom. The summed E-state index contributed by atoms with van der Waals surface area (Å²) in [5, 5.41) is 8.37. The molecule has 0 aromatic carbocycles. The number of aromatic nitrogens is 2. The molecule has 0 aliphatic carbocycles. The maximum atomic E-state index is 8.37. The van der Waals surface area contributed by atoms with Gasteiger partial charge in [0, 0.05) is 12.4 Å². The largest absolute Gasteiger partial charge is 0.261 e. The molecule has 0 unspecified atom stereocenters. The van der Waals surface area contributed by atoms with E-state index in [2.05, 4.69) is 16.5 Å². The summed E-state index contributed by atoms with van der Waals surface area (Å²) in [7, 11) is 0. The van der Waals surface area contributed by atoms with E-state index in [0.717, 1.165) is 0 Å². The molecule has 0 atom stereocenters. The number of allylic oxidation sites excluding steroid dienone is 1. The van der Waals surface area contributed by atoms with E-state index < -0.39 is 0 Å². The van der Waals surface area contributed by atoms with Crippen molar-refractivity contribution in [2.24, 2.45) is 0 Å². The van der Waals surface area contributed by atoms with Crippen molar-refractivity contribution in [2.45, 2.75) is 0 Å². The maximum absolute atomic E-state index is 8.37. The highest BCUT2D eigenvalue weighted by Gasteiger charge is 1.95. The molecule has 0 saturated heterocycles. The number of nitriles is 1. The van der Waals surface area contributed by atoms with E-state index in [1.165, 1.54) is 12.4 Å². The first-order chi connectivity index (χ1) is 4.84. The molecule has 0 aliphatic heterocycles. The summed E-state index contributed by atoms with van der Waals surface area (Å²) in [5.41, 5.74) is 0.873. The summed E-state index contributed by atoms with van der Waals surface area (Å²) in [5.74, 6) is 0. The van der Waals surface area contributed by atoms with Crippen LogP contribution in [0.25, 0.3) is 5.57 Å². The van der Waals surface area contributed by atoms with Gasteiger partial charge in [0.2, 0.25) is 0 Å². The summed E-state index contributed by atoms with van der Waals surface area (Å²) in [6.07, 6.45) is 4.58. The van der Waals surface area contributed by atoms with E-state index >= 15 is 0 Å². The van der Waals surface area contributed by atoms with Crippen LogP contribution in [0.2, 0.25) is 0 Å². The van der Waals surface area contributed by atoms with E-state index in [1.54, 1.807) is 6.20 Å². The molecule has 0 N–H and O–H groups in total. The van der Waals surface area contributed by atoms with Gasteiger partial charge in [-0.3, -0.25) is 9.97 Å². The van der Waals surface area contributed by atoms with Gasteiger partial charge in [-0.1, -0.05) is 6.58 Å². The van der Waals surface area contributed by atoms with Crippen LogP contribution in [-0.2, 0) is 0 Å². The molecule has 0 spiro atoms. The quantitative estimate of drug-likeness (QED) is 0.534. The molecule has 1 rings (SSSR count). The molecule has 1 heterocycles. The van der Waals surface area contributed by atoms with Crippen LogP contribution in [0.15, 0.2) is 25.2 Å². The summed E-state index contributed by atoms with van der Waals surface area (Å²) in [4.78, 5) is 7.64. The SMILES string of the molecule is C=C(C#N)c1cnccn1. The van der Waals surface area contributed by atoms with Crippen molar-refractivity contribution in [1.82, 2.24) is 9.97 Å². The second-order valence-corrected chi connectivity index (χ2v) is 1.68. The van der Waals surface area contributed by atoms with Crippen LogP contribution in [0.4, 0.5) is 0 Å². The number of rotatable bonds is 1. The van der Waals surface area contributed by atoms with Gasteiger partial charge < -0.3 is 0 Å². The van der Waals surface area contributed by atoms with Crippen LogP contribution in [-0.4, -0.2) is 9.97 Å². The maximum Gasteiger partial charge on any atom is 0.101 e. The van der Waals surface area contributed by atoms with Gasteiger partial charge in [0.05, 0.1) is 17.5 Å². The summed E-state index contributed by atoms with van der Waals surface area (Å²) in [6.45, 7) is 3.48. The summed E-state index contributed by atoms with van der Waals surface area (Å²) in [6, 6.07) is 1.88. The Morgan fingerprint density at radius 2 is 2.40 bits per heavy atom. The number of nitrogens with zero attached hydrogens (tertiary/aromatic N) is 3. The minimum absolute atomic E-state index is 0.341. The van der Waals surface area contributed by atoms with Crippen LogP contribution in [0.3, 0.4) is 0 Å². The molecular weight excluding hydrogens is 126 g/mol. The molecular formula is C7H5N3. The molecule has 0 amide bonds. The first kappa shape index (κ1) is 6.43. The fraction of sp³-hybridized carbons (Fsp3) is 0. The van der Waals surface area contributed by atoms with Crippen molar-refractivity contribution in [3.8, 4) is 6.07 Å². The standard InChI is InChI=1S/C7H5N3/c1-6(4-8)7-5-9-2-3-10-7/h2-3,5H,1H2. The van der Waals surface area contributed by atoms with Crippen LogP contribution < -0.4 is 0 Å². The zero-order valence-electron chi connectivity index (χ0n) is 5.28. The monoisotopic (exact) mass is 131 g/mol. The Kier molecular flexibility index (Phi) is 1.76. The van der Waals surface area contributed by atoms with Gasteiger partial charge in [-0.2, -0.15) is 5.26 Å². The van der Waals surface area contributed by atoms with Crippen LogP contribution in [0, 0.1) is 11.3 Å². The second-order valence-electron chi connectivity index (χ2n) is 1.68. The van der Waals surface area contributed by atoms with E-state index in [4.69, 9.17) is 5.26 Å². The average Bonchev–Trinajstić information content (AvgIpc) is 2.05. The minimum atomic E-state index is 0.341. The third kappa shape index (κ3) is 1.17. The zero-order chi connectivity index (χ0) is 7.40. The van der Waals surface area contributed by atoms with Crippen LogP contribution in [0.5, 0.6) is 0 Å². The number of hydrogen-bond donors (Lipinski definition) is 0. The van der Waals surface area contributed by atoms with Crippen molar-refractivity contribution in [3.05, 3.63) is 30.9 Å². The third-order valence-electron chi connectivity index (χ3n) is 1.01. The highest BCUT2D eigenvalue weighted by molar-refractivity contribution is 5.71. The molecule has 0 bridgehead atoms. The third-order valence-corrected chi connectivity index (χ3v) is 1.01. The fourth-order valence-corrected chi connectivity index (χ4v) is 0.512. The van der Waals surface area contributed by atoms with Crippen molar-refractivity contribution >= 4 is 5.57 Å². The van der Waals surface area contributed by atoms with Gasteiger partial charge in [-0.05, 0) is 0 Å². The van der Waals surface area contributed by atoms with Crippen molar-refractivity contribution in [2.75, 3.05) is 0 Å². The second kappa shape index (κ2) is 2.74. The summed E-state index contributed by atoms with van der Waals surface area (Å²) < 4.78 is 0. The van der Waals surface area contributed by atoms with Crippen LogP contribution >= 0.6 is 0 Å². The van der Waals surface area contributed by atoms with Crippen molar-refractivity contribution in [3.63, 3.8) is 0 Å². The molecule has 3 heteroatoms. The van der Waals surface area contributed by atoms with E-state index in [9.17, 15) is 0 Å². The van der Waals surface area contributed by atoms with E-state index in [1.807, 2.05) is 6.07 Å². The minimum Gasteiger partial charge on any atom is -0.261 e. The first-order valence-electron chi connectivity index (χ1n) is 2.70. The van der Waals surface area contributed by atoms with Gasteiger partial charge in [0.1, 0.15) is 6.07 Å². The van der Waals surface area contributed by atoms with Crippen molar-refractivity contribution < 1.29 is 0 Å². The molecule has 0 saturated carbocycles. The predicted octanol–water partition coefficient (Wildman–Crippen LogP) is 1.01. The molecule has 1 aromatic heterocycles. The Morgan fingerprint density at radius 1 is 1.60 bits per heavy atom. The van der Waals surface area contributed by atoms with Gasteiger partial charge >= 0.3 is 0 Å². The molecule has 1 aromatic rings. The van der Waals surface area contributed by atoms with Crippen LogP contribution in [0.1, 0.15) is 5.69 Å². The smallest absolute Gasteiger partial charge is 0.101 e. The number of hydrogen-bond acceptors (Lipinski definition) is 3. The molecule has 0 fully saturated rings. The lowest BCUT2D eigenvalue weighted by Crippen LogP contribution is -1.85. The Labute approximate surface area is 58.7 Å². The molecule has 10 heavy (non-hydrogen) atoms. The molecule has 0 radical (unpaired) electrons. The molecule has 0 aliphatic rings.